The van der Waals surface area contributed by atoms with Crippen LogP contribution in [0.4, 0.5) is 8.78 Å². The Morgan fingerprint density at radius 2 is 1.71 bits per heavy atom. The Kier molecular flexibility index (Phi) is 4.75. The summed E-state index contributed by atoms with van der Waals surface area (Å²) in [7, 11) is 0. The average molecular weight is 263 g/mol. The van der Waals surface area contributed by atoms with E-state index in [1.54, 1.807) is 0 Å². The van der Waals surface area contributed by atoms with Gasteiger partial charge in [0, 0.05) is 5.88 Å². The summed E-state index contributed by atoms with van der Waals surface area (Å²) in [6, 6.07) is 2.39. The van der Waals surface area contributed by atoms with Crippen molar-refractivity contribution in [1.29, 1.82) is 0 Å². The third-order valence-corrected chi connectivity index (χ3v) is 2.62. The van der Waals surface area contributed by atoms with Crippen LogP contribution < -0.4 is 4.74 Å². The second-order valence-corrected chi connectivity index (χ2v) is 5.45. The molecule has 17 heavy (non-hydrogen) atoms. The maximum absolute atomic E-state index is 13.5. The van der Waals surface area contributed by atoms with Gasteiger partial charge in [-0.25, -0.2) is 8.78 Å². The van der Waals surface area contributed by atoms with Gasteiger partial charge >= 0.3 is 0 Å². The van der Waals surface area contributed by atoms with Crippen LogP contribution in [0.25, 0.3) is 0 Å². The maximum atomic E-state index is 13.5. The molecular weight excluding hydrogens is 246 g/mol. The smallest absolute Gasteiger partial charge is 0.190 e. The largest absolute Gasteiger partial charge is 0.488 e. The van der Waals surface area contributed by atoms with Crippen LogP contribution in [0.5, 0.6) is 5.75 Å². The number of ether oxygens (including phenoxy) is 1. The Bertz CT molecular complexity index is 362. The number of benzene rings is 1. The standard InChI is InChI=1S/C13H17ClF2O/c1-13(2,3)4-5-17-12-10(15)6-9(8-14)7-11(12)16/h6-7H,4-5,8H2,1-3H3. The molecule has 0 aromatic heterocycles. The van der Waals surface area contributed by atoms with E-state index in [0.29, 0.717) is 5.56 Å². The molecule has 0 atom stereocenters. The van der Waals surface area contributed by atoms with Gasteiger partial charge in [-0.15, -0.1) is 11.6 Å². The lowest BCUT2D eigenvalue weighted by Gasteiger charge is -2.18. The number of halogens is 3. The number of alkyl halides is 1. The molecule has 0 aliphatic heterocycles. The molecule has 0 radical (unpaired) electrons. The van der Waals surface area contributed by atoms with E-state index in [1.807, 2.05) is 20.8 Å². The molecule has 1 nitrogen and oxygen atoms in total. The highest BCUT2D eigenvalue weighted by Gasteiger charge is 2.15. The van der Waals surface area contributed by atoms with Crippen LogP contribution >= 0.6 is 11.6 Å². The molecule has 1 rings (SSSR count). The Hall–Kier alpha value is -0.830. The van der Waals surface area contributed by atoms with E-state index in [-0.39, 0.29) is 23.7 Å². The summed E-state index contributed by atoms with van der Waals surface area (Å²) in [4.78, 5) is 0. The van der Waals surface area contributed by atoms with E-state index in [1.165, 1.54) is 12.1 Å². The third kappa shape index (κ3) is 4.50. The summed E-state index contributed by atoms with van der Waals surface area (Å²) >= 11 is 5.51. The fourth-order valence-corrected chi connectivity index (χ4v) is 1.44. The van der Waals surface area contributed by atoms with Crippen molar-refractivity contribution in [3.63, 3.8) is 0 Å². The number of hydrogen-bond acceptors (Lipinski definition) is 1. The second-order valence-electron chi connectivity index (χ2n) is 5.18. The fourth-order valence-electron chi connectivity index (χ4n) is 1.29. The molecular formula is C13H17ClF2O. The predicted octanol–water partition coefficient (Wildman–Crippen LogP) is 4.52. The molecule has 0 heterocycles. The lowest BCUT2D eigenvalue weighted by Crippen LogP contribution is -2.12. The molecule has 0 fully saturated rings. The monoisotopic (exact) mass is 262 g/mol. The minimum Gasteiger partial charge on any atom is -0.488 e. The Balaban J connectivity index is 2.72. The number of hydrogen-bond donors (Lipinski definition) is 0. The molecule has 0 aliphatic carbocycles. The highest BCUT2D eigenvalue weighted by atomic mass is 35.5. The zero-order chi connectivity index (χ0) is 13.1. The summed E-state index contributed by atoms with van der Waals surface area (Å²) < 4.78 is 32.1. The van der Waals surface area contributed by atoms with Crippen LogP contribution in [-0.4, -0.2) is 6.61 Å². The van der Waals surface area contributed by atoms with Gasteiger partial charge in [-0.3, -0.25) is 0 Å². The zero-order valence-electron chi connectivity index (χ0n) is 10.3. The van der Waals surface area contributed by atoms with Crippen LogP contribution in [0.2, 0.25) is 0 Å². The average Bonchev–Trinajstić information content (AvgIpc) is 2.20. The van der Waals surface area contributed by atoms with Gasteiger partial charge in [0.05, 0.1) is 6.61 Å². The Morgan fingerprint density at radius 1 is 1.18 bits per heavy atom. The molecule has 0 saturated carbocycles. The van der Waals surface area contributed by atoms with Gasteiger partial charge in [0.15, 0.2) is 17.4 Å². The highest BCUT2D eigenvalue weighted by molar-refractivity contribution is 6.17. The van der Waals surface area contributed by atoms with E-state index in [0.717, 1.165) is 6.42 Å². The van der Waals surface area contributed by atoms with Crippen molar-refractivity contribution in [1.82, 2.24) is 0 Å². The molecule has 1 aromatic carbocycles. The van der Waals surface area contributed by atoms with E-state index in [2.05, 4.69) is 0 Å². The molecule has 0 unspecified atom stereocenters. The van der Waals surface area contributed by atoms with Crippen molar-refractivity contribution in [2.24, 2.45) is 5.41 Å². The summed E-state index contributed by atoms with van der Waals surface area (Å²) in [6.45, 7) is 6.41. The molecule has 0 spiro atoms. The first-order valence-electron chi connectivity index (χ1n) is 5.50. The summed E-state index contributed by atoms with van der Waals surface area (Å²) in [6.07, 6.45) is 0.725. The van der Waals surface area contributed by atoms with Crippen LogP contribution in [0.3, 0.4) is 0 Å². The molecule has 0 amide bonds. The summed E-state index contributed by atoms with van der Waals surface area (Å²) in [5, 5.41) is 0. The third-order valence-electron chi connectivity index (χ3n) is 2.31. The van der Waals surface area contributed by atoms with Crippen molar-refractivity contribution in [2.75, 3.05) is 6.61 Å². The summed E-state index contributed by atoms with van der Waals surface area (Å²) in [5.74, 6) is -1.64. The molecule has 0 N–H and O–H groups in total. The molecule has 0 aliphatic rings. The summed E-state index contributed by atoms with van der Waals surface area (Å²) in [5.41, 5.74) is 0.480. The van der Waals surface area contributed by atoms with Crippen LogP contribution in [0.15, 0.2) is 12.1 Å². The lowest BCUT2D eigenvalue weighted by molar-refractivity contribution is 0.226. The van der Waals surface area contributed by atoms with Crippen LogP contribution in [0.1, 0.15) is 32.8 Å². The molecule has 96 valence electrons. The quantitative estimate of drug-likeness (QED) is 0.725. The van der Waals surface area contributed by atoms with Crippen molar-refractivity contribution in [3.05, 3.63) is 29.3 Å². The van der Waals surface area contributed by atoms with Gasteiger partial charge in [-0.2, -0.15) is 0 Å². The van der Waals surface area contributed by atoms with Crippen molar-refractivity contribution in [2.45, 2.75) is 33.1 Å². The van der Waals surface area contributed by atoms with Gasteiger partial charge in [-0.1, -0.05) is 20.8 Å². The van der Waals surface area contributed by atoms with E-state index in [4.69, 9.17) is 16.3 Å². The highest BCUT2D eigenvalue weighted by Crippen LogP contribution is 2.25. The van der Waals surface area contributed by atoms with Crippen molar-refractivity contribution >= 4 is 11.6 Å². The predicted molar refractivity (Wildman–Crippen MR) is 65.5 cm³/mol. The van der Waals surface area contributed by atoms with Crippen LogP contribution in [0, 0.1) is 17.0 Å². The molecule has 1 aromatic rings. The SMILES string of the molecule is CC(C)(C)CCOc1c(F)cc(CCl)cc1F. The zero-order valence-corrected chi connectivity index (χ0v) is 11.1. The fraction of sp³-hybridized carbons (Fsp3) is 0.538. The van der Waals surface area contributed by atoms with Gasteiger partial charge < -0.3 is 4.74 Å². The van der Waals surface area contributed by atoms with Gasteiger partial charge in [0.25, 0.3) is 0 Å². The minimum atomic E-state index is -0.699. The molecule has 0 saturated heterocycles. The Morgan fingerprint density at radius 3 is 2.12 bits per heavy atom. The second kappa shape index (κ2) is 5.67. The maximum Gasteiger partial charge on any atom is 0.190 e. The van der Waals surface area contributed by atoms with Crippen molar-refractivity contribution < 1.29 is 13.5 Å². The van der Waals surface area contributed by atoms with Crippen LogP contribution in [-0.2, 0) is 5.88 Å². The lowest BCUT2D eigenvalue weighted by atomic mass is 9.93. The first-order chi connectivity index (χ1) is 7.83. The molecule has 0 bridgehead atoms. The van der Waals surface area contributed by atoms with Gasteiger partial charge in [-0.05, 0) is 29.5 Å². The minimum absolute atomic E-state index is 0.0725. The Labute approximate surface area is 106 Å². The van der Waals surface area contributed by atoms with Gasteiger partial charge in [0.1, 0.15) is 0 Å². The first kappa shape index (κ1) is 14.2. The van der Waals surface area contributed by atoms with E-state index in [9.17, 15) is 8.78 Å². The molecule has 4 heteroatoms. The first-order valence-corrected chi connectivity index (χ1v) is 6.03. The topological polar surface area (TPSA) is 9.23 Å². The normalized spacial score (nSPS) is 11.6. The van der Waals surface area contributed by atoms with E-state index < -0.39 is 11.6 Å². The number of rotatable bonds is 4. The van der Waals surface area contributed by atoms with Crippen molar-refractivity contribution in [3.8, 4) is 5.75 Å². The van der Waals surface area contributed by atoms with Gasteiger partial charge in [0.2, 0.25) is 0 Å². The van der Waals surface area contributed by atoms with E-state index >= 15 is 0 Å².